The van der Waals surface area contributed by atoms with Crippen LogP contribution in [0.2, 0.25) is 0 Å². The van der Waals surface area contributed by atoms with Crippen LogP contribution in [-0.4, -0.2) is 0 Å². The highest BCUT2D eigenvalue weighted by Crippen LogP contribution is 2.51. The molecule has 0 spiro atoms. The highest BCUT2D eigenvalue weighted by molar-refractivity contribution is 7.25. The molecule has 2 heteroatoms. The Balaban J connectivity index is 1.20. The van der Waals surface area contributed by atoms with Crippen molar-refractivity contribution in [2.45, 2.75) is 0 Å². The fraction of sp³-hybridized carbons (Fsp3) is 0. The van der Waals surface area contributed by atoms with Crippen molar-refractivity contribution in [2.75, 3.05) is 4.90 Å². The Hall–Kier alpha value is -7.00. The monoisotopic (exact) mass is 729 g/mol. The summed E-state index contributed by atoms with van der Waals surface area (Å²) in [5.41, 5.74) is 18.0. The third kappa shape index (κ3) is 5.38. The van der Waals surface area contributed by atoms with Crippen molar-refractivity contribution in [1.82, 2.24) is 0 Å². The van der Waals surface area contributed by atoms with Crippen LogP contribution < -0.4 is 4.90 Å². The van der Waals surface area contributed by atoms with E-state index < -0.39 is 0 Å². The van der Waals surface area contributed by atoms with Crippen molar-refractivity contribution in [3.63, 3.8) is 0 Å². The minimum absolute atomic E-state index is 1.11. The summed E-state index contributed by atoms with van der Waals surface area (Å²) in [6.45, 7) is 0. The van der Waals surface area contributed by atoms with Gasteiger partial charge >= 0.3 is 0 Å². The number of anilines is 3. The number of fused-ring (bicyclic) bond motifs is 11. The average molecular weight is 730 g/mol. The van der Waals surface area contributed by atoms with Gasteiger partial charge in [0.25, 0.3) is 0 Å². The van der Waals surface area contributed by atoms with Gasteiger partial charge in [-0.2, -0.15) is 0 Å². The maximum Gasteiger partial charge on any atom is 0.0540 e. The summed E-state index contributed by atoms with van der Waals surface area (Å²) in [5.74, 6) is 0. The number of hydrogen-bond donors (Lipinski definition) is 0. The molecule has 1 aliphatic rings. The predicted octanol–water partition coefficient (Wildman–Crippen LogP) is 15.8. The summed E-state index contributed by atoms with van der Waals surface area (Å²) >= 11 is 1.86. The van der Waals surface area contributed by atoms with Crippen LogP contribution in [-0.2, 0) is 0 Å². The van der Waals surface area contributed by atoms with Gasteiger partial charge in [0.05, 0.1) is 5.69 Å². The molecule has 0 unspecified atom stereocenters. The largest absolute Gasteiger partial charge is 0.310 e. The summed E-state index contributed by atoms with van der Waals surface area (Å²) in [6, 6.07) is 78.0. The zero-order chi connectivity index (χ0) is 37.0. The van der Waals surface area contributed by atoms with Gasteiger partial charge in [-0.1, -0.05) is 170 Å². The summed E-state index contributed by atoms with van der Waals surface area (Å²) < 4.78 is 2.58. The second kappa shape index (κ2) is 13.4. The molecule has 0 bridgehead atoms. The molecular weight excluding hydrogens is 695 g/mol. The molecule has 0 saturated heterocycles. The topological polar surface area (TPSA) is 3.24 Å². The van der Waals surface area contributed by atoms with Crippen LogP contribution in [0.25, 0.3) is 86.9 Å². The molecule has 56 heavy (non-hydrogen) atoms. The molecular formula is C54H35NS. The maximum absolute atomic E-state index is 2.47. The van der Waals surface area contributed by atoms with Crippen molar-refractivity contribution in [2.24, 2.45) is 0 Å². The van der Waals surface area contributed by atoms with E-state index in [0.717, 1.165) is 17.1 Å². The number of thiophene rings is 1. The quantitative estimate of drug-likeness (QED) is 0.170. The second-order valence-electron chi connectivity index (χ2n) is 14.4. The lowest BCUT2D eigenvalue weighted by atomic mass is 9.81. The molecule has 0 fully saturated rings. The molecule has 1 nitrogen and oxygen atoms in total. The van der Waals surface area contributed by atoms with E-state index in [0.29, 0.717) is 0 Å². The van der Waals surface area contributed by atoms with Crippen LogP contribution in [0.4, 0.5) is 17.1 Å². The van der Waals surface area contributed by atoms with Gasteiger partial charge in [-0.05, 0) is 104 Å². The second-order valence-corrected chi connectivity index (χ2v) is 15.5. The van der Waals surface area contributed by atoms with E-state index in [1.165, 1.54) is 86.9 Å². The van der Waals surface area contributed by atoms with E-state index in [4.69, 9.17) is 0 Å². The van der Waals surface area contributed by atoms with Gasteiger partial charge in [-0.25, -0.2) is 0 Å². The molecule has 0 aliphatic heterocycles. The van der Waals surface area contributed by atoms with Crippen molar-refractivity contribution >= 4 is 48.6 Å². The maximum atomic E-state index is 2.47. The van der Waals surface area contributed by atoms with Gasteiger partial charge < -0.3 is 4.90 Å². The van der Waals surface area contributed by atoms with Crippen LogP contribution in [0.5, 0.6) is 0 Å². The minimum atomic E-state index is 1.11. The molecule has 1 heterocycles. The molecule has 0 radical (unpaired) electrons. The lowest BCUT2D eigenvalue weighted by molar-refractivity contribution is 1.29. The summed E-state index contributed by atoms with van der Waals surface area (Å²) in [7, 11) is 0. The molecule has 10 aromatic rings. The molecule has 9 aromatic carbocycles. The van der Waals surface area contributed by atoms with Crippen molar-refractivity contribution in [3.8, 4) is 66.8 Å². The Morgan fingerprint density at radius 1 is 0.268 bits per heavy atom. The third-order valence-corrected chi connectivity index (χ3v) is 12.4. The summed E-state index contributed by atoms with van der Waals surface area (Å²) in [4.78, 5) is 2.47. The first kappa shape index (κ1) is 32.4. The lowest BCUT2D eigenvalue weighted by Crippen LogP contribution is -2.12. The smallest absolute Gasteiger partial charge is 0.0540 e. The van der Waals surface area contributed by atoms with Gasteiger partial charge in [0.15, 0.2) is 0 Å². The molecule has 11 rings (SSSR count). The SMILES string of the molecule is c1ccc(-c2ccc(N(c3ccc4c(c3)-c3ccccc3-c3ccccc3-c3ccccc3-4)c3ccc4c(c3)sc3ccccc34)c(-c3ccccc3)c2)cc1. The molecule has 0 N–H and O–H groups in total. The Kier molecular flexibility index (Phi) is 7.75. The van der Waals surface area contributed by atoms with Crippen LogP contribution in [0, 0.1) is 0 Å². The number of hydrogen-bond acceptors (Lipinski definition) is 2. The molecule has 0 saturated carbocycles. The van der Waals surface area contributed by atoms with E-state index in [-0.39, 0.29) is 0 Å². The minimum Gasteiger partial charge on any atom is -0.310 e. The van der Waals surface area contributed by atoms with Gasteiger partial charge in [0.1, 0.15) is 0 Å². The molecule has 0 amide bonds. The van der Waals surface area contributed by atoms with E-state index in [2.05, 4.69) is 217 Å². The van der Waals surface area contributed by atoms with E-state index in [1.807, 2.05) is 11.3 Å². The van der Waals surface area contributed by atoms with Crippen LogP contribution >= 0.6 is 11.3 Å². The number of benzene rings is 9. The fourth-order valence-corrected chi connectivity index (χ4v) is 9.80. The zero-order valence-corrected chi connectivity index (χ0v) is 31.4. The first-order valence-corrected chi connectivity index (χ1v) is 20.0. The predicted molar refractivity (Wildman–Crippen MR) is 240 cm³/mol. The zero-order valence-electron chi connectivity index (χ0n) is 30.6. The van der Waals surface area contributed by atoms with Crippen LogP contribution in [0.1, 0.15) is 0 Å². The van der Waals surface area contributed by atoms with Crippen LogP contribution in [0.15, 0.2) is 212 Å². The Bertz CT molecular complexity index is 3080. The van der Waals surface area contributed by atoms with Gasteiger partial charge in [-0.15, -0.1) is 11.3 Å². The highest BCUT2D eigenvalue weighted by Gasteiger charge is 2.25. The van der Waals surface area contributed by atoms with Crippen molar-refractivity contribution < 1.29 is 0 Å². The van der Waals surface area contributed by atoms with Crippen molar-refractivity contribution in [1.29, 1.82) is 0 Å². The number of rotatable bonds is 5. The van der Waals surface area contributed by atoms with Gasteiger partial charge in [0.2, 0.25) is 0 Å². The normalized spacial score (nSPS) is 11.6. The van der Waals surface area contributed by atoms with Crippen molar-refractivity contribution in [3.05, 3.63) is 212 Å². The molecule has 1 aromatic heterocycles. The standard InChI is InChI=1S/C54H35NS/c1-3-15-36(16-4-1)38-27-32-52(50(33-38)37-17-5-2-6-18-37)55(40-29-31-49-48-25-13-14-26-53(48)56-54(49)35-40)39-28-30-47-45-23-10-9-21-43(45)41-19-7-8-20-42(41)44-22-11-12-24-46(44)51(47)34-39/h1-35H. The number of nitrogens with zero attached hydrogens (tertiary/aromatic N) is 1. The Morgan fingerprint density at radius 3 is 1.39 bits per heavy atom. The highest BCUT2D eigenvalue weighted by atomic mass is 32.1. The Morgan fingerprint density at radius 2 is 0.750 bits per heavy atom. The first-order valence-electron chi connectivity index (χ1n) is 19.2. The summed E-state index contributed by atoms with van der Waals surface area (Å²) in [6.07, 6.45) is 0. The Labute approximate surface area is 331 Å². The lowest BCUT2D eigenvalue weighted by Gasteiger charge is -2.30. The first-order chi connectivity index (χ1) is 27.8. The molecule has 1 aliphatic carbocycles. The molecule has 0 atom stereocenters. The van der Waals surface area contributed by atoms with Gasteiger partial charge in [0, 0.05) is 37.1 Å². The fourth-order valence-electron chi connectivity index (χ4n) is 8.66. The van der Waals surface area contributed by atoms with Gasteiger partial charge in [-0.3, -0.25) is 0 Å². The third-order valence-electron chi connectivity index (χ3n) is 11.3. The van der Waals surface area contributed by atoms with E-state index in [9.17, 15) is 0 Å². The average Bonchev–Trinajstić information content (AvgIpc) is 3.65. The van der Waals surface area contributed by atoms with E-state index in [1.54, 1.807) is 0 Å². The van der Waals surface area contributed by atoms with Crippen LogP contribution in [0.3, 0.4) is 0 Å². The van der Waals surface area contributed by atoms with E-state index >= 15 is 0 Å². The summed E-state index contributed by atoms with van der Waals surface area (Å²) in [5, 5.41) is 2.60. The molecule has 262 valence electrons.